The van der Waals surface area contributed by atoms with E-state index in [1.54, 1.807) is 17.0 Å². The predicted molar refractivity (Wildman–Crippen MR) is 113 cm³/mol. The maximum atomic E-state index is 13.2. The van der Waals surface area contributed by atoms with Crippen LogP contribution in [0.3, 0.4) is 0 Å². The molecule has 1 aliphatic rings. The fourth-order valence-electron chi connectivity index (χ4n) is 3.24. The number of carbonyl (C=O) groups excluding carboxylic acids is 1. The Hall–Kier alpha value is -2.13. The second-order valence-electron chi connectivity index (χ2n) is 7.29. The van der Waals surface area contributed by atoms with Gasteiger partial charge in [0.05, 0.1) is 19.0 Å². The molecule has 2 aromatic rings. The zero-order valence-electron chi connectivity index (χ0n) is 17.2. The molecule has 0 spiro atoms. The summed E-state index contributed by atoms with van der Waals surface area (Å²) in [5.41, 5.74) is 0.692. The van der Waals surface area contributed by atoms with Crippen molar-refractivity contribution in [1.29, 1.82) is 0 Å². The first-order valence-corrected chi connectivity index (χ1v) is 10.9. The van der Waals surface area contributed by atoms with Gasteiger partial charge in [0, 0.05) is 31.9 Å². The van der Waals surface area contributed by atoms with Crippen LogP contribution in [0.5, 0.6) is 0 Å². The SMILES string of the molecule is CCN(C(=O)CSc1nnc(N2CCOCC2)n1CC(C)C)c1ccc(F)cc1. The molecule has 7 nitrogen and oxygen atoms in total. The normalized spacial score (nSPS) is 14.4. The molecule has 0 radical (unpaired) electrons. The van der Waals surface area contributed by atoms with E-state index in [9.17, 15) is 9.18 Å². The van der Waals surface area contributed by atoms with Crippen molar-refractivity contribution in [3.05, 3.63) is 30.1 Å². The van der Waals surface area contributed by atoms with Crippen LogP contribution < -0.4 is 9.80 Å². The van der Waals surface area contributed by atoms with Crippen LogP contribution in [0.2, 0.25) is 0 Å². The molecule has 0 unspecified atom stereocenters. The molecule has 0 aliphatic carbocycles. The Morgan fingerprint density at radius 3 is 2.55 bits per heavy atom. The molecule has 2 heterocycles. The predicted octanol–water partition coefficient (Wildman–Crippen LogP) is 3.06. The third kappa shape index (κ3) is 5.48. The molecule has 1 aromatic carbocycles. The first-order valence-electron chi connectivity index (χ1n) is 9.94. The number of aromatic nitrogens is 3. The summed E-state index contributed by atoms with van der Waals surface area (Å²) in [5.74, 6) is 1.14. The lowest BCUT2D eigenvalue weighted by Crippen LogP contribution is -2.38. The number of ether oxygens (including phenoxy) is 1. The summed E-state index contributed by atoms with van der Waals surface area (Å²) in [4.78, 5) is 16.6. The third-order valence-corrected chi connectivity index (χ3v) is 5.57. The molecule has 158 valence electrons. The summed E-state index contributed by atoms with van der Waals surface area (Å²) in [5, 5.41) is 9.50. The van der Waals surface area contributed by atoms with E-state index in [0.717, 1.165) is 30.7 Å². The Morgan fingerprint density at radius 1 is 1.24 bits per heavy atom. The van der Waals surface area contributed by atoms with Gasteiger partial charge in [-0.05, 0) is 37.1 Å². The van der Waals surface area contributed by atoms with Crippen LogP contribution >= 0.6 is 11.8 Å². The summed E-state index contributed by atoms with van der Waals surface area (Å²) >= 11 is 1.39. The smallest absolute Gasteiger partial charge is 0.237 e. The highest BCUT2D eigenvalue weighted by Gasteiger charge is 2.22. The molecule has 0 N–H and O–H groups in total. The van der Waals surface area contributed by atoms with Crippen LogP contribution in [-0.4, -0.2) is 59.3 Å². The number of morpholine rings is 1. The van der Waals surface area contributed by atoms with E-state index in [0.29, 0.717) is 31.4 Å². The number of anilines is 2. The molecule has 1 aliphatic heterocycles. The molecular weight excluding hydrogens is 393 g/mol. The summed E-state index contributed by atoms with van der Waals surface area (Å²) < 4.78 is 20.7. The van der Waals surface area contributed by atoms with E-state index in [1.165, 1.54) is 23.9 Å². The number of amides is 1. The Labute approximate surface area is 175 Å². The number of halogens is 1. The standard InChI is InChI=1S/C20H28FN5O2S/c1-4-25(17-7-5-16(21)6-8-17)18(27)14-29-20-23-22-19(26(20)13-15(2)3)24-9-11-28-12-10-24/h5-8,15H,4,9-14H2,1-3H3. The molecule has 1 aromatic heterocycles. The van der Waals surface area contributed by atoms with Gasteiger partial charge in [0.15, 0.2) is 5.16 Å². The largest absolute Gasteiger partial charge is 0.378 e. The quantitative estimate of drug-likeness (QED) is 0.611. The lowest BCUT2D eigenvalue weighted by Gasteiger charge is -2.28. The van der Waals surface area contributed by atoms with Crippen LogP contribution in [0.1, 0.15) is 20.8 Å². The van der Waals surface area contributed by atoms with Gasteiger partial charge in [-0.15, -0.1) is 10.2 Å². The Morgan fingerprint density at radius 2 is 1.93 bits per heavy atom. The number of benzene rings is 1. The average Bonchev–Trinajstić information content (AvgIpc) is 3.11. The summed E-state index contributed by atoms with van der Waals surface area (Å²) in [6.07, 6.45) is 0. The Balaban J connectivity index is 1.72. The van der Waals surface area contributed by atoms with E-state index in [-0.39, 0.29) is 17.5 Å². The van der Waals surface area contributed by atoms with E-state index >= 15 is 0 Å². The summed E-state index contributed by atoms with van der Waals surface area (Å²) in [6, 6.07) is 5.98. The van der Waals surface area contributed by atoms with Gasteiger partial charge < -0.3 is 14.5 Å². The molecule has 0 atom stereocenters. The van der Waals surface area contributed by atoms with Gasteiger partial charge >= 0.3 is 0 Å². The highest BCUT2D eigenvalue weighted by molar-refractivity contribution is 7.99. The lowest BCUT2D eigenvalue weighted by atomic mass is 10.2. The molecule has 3 rings (SSSR count). The van der Waals surface area contributed by atoms with Crippen molar-refractivity contribution in [1.82, 2.24) is 14.8 Å². The fourth-order valence-corrected chi connectivity index (χ4v) is 4.06. The number of rotatable bonds is 8. The number of hydrogen-bond acceptors (Lipinski definition) is 6. The first kappa shape index (κ1) is 21.6. The van der Waals surface area contributed by atoms with E-state index in [2.05, 4.69) is 33.5 Å². The minimum atomic E-state index is -0.316. The van der Waals surface area contributed by atoms with Crippen molar-refractivity contribution >= 4 is 29.3 Å². The number of hydrogen-bond donors (Lipinski definition) is 0. The van der Waals surface area contributed by atoms with Gasteiger partial charge in [0.25, 0.3) is 0 Å². The summed E-state index contributed by atoms with van der Waals surface area (Å²) in [6.45, 7) is 10.4. The van der Waals surface area contributed by atoms with Gasteiger partial charge in [0.1, 0.15) is 5.82 Å². The Bertz CT molecular complexity index is 806. The topological polar surface area (TPSA) is 63.5 Å². The average molecular weight is 422 g/mol. The molecule has 1 saturated heterocycles. The van der Waals surface area contributed by atoms with Crippen LogP contribution in [-0.2, 0) is 16.1 Å². The number of carbonyl (C=O) groups is 1. The van der Waals surface area contributed by atoms with Crippen LogP contribution in [0.4, 0.5) is 16.0 Å². The summed E-state index contributed by atoms with van der Waals surface area (Å²) in [7, 11) is 0. The molecule has 1 amide bonds. The van der Waals surface area contributed by atoms with Gasteiger partial charge in [0.2, 0.25) is 11.9 Å². The molecule has 0 saturated carbocycles. The van der Waals surface area contributed by atoms with Crippen molar-refractivity contribution in [3.63, 3.8) is 0 Å². The third-order valence-electron chi connectivity index (χ3n) is 4.62. The molecular formula is C20H28FN5O2S. The number of nitrogens with zero attached hydrogens (tertiary/aromatic N) is 5. The van der Waals surface area contributed by atoms with Crippen molar-refractivity contribution < 1.29 is 13.9 Å². The zero-order chi connectivity index (χ0) is 20.8. The first-order chi connectivity index (χ1) is 14.0. The van der Waals surface area contributed by atoms with Crippen LogP contribution in [0, 0.1) is 11.7 Å². The maximum absolute atomic E-state index is 13.2. The minimum absolute atomic E-state index is 0.0453. The van der Waals surface area contributed by atoms with Crippen molar-refractivity contribution in [2.45, 2.75) is 32.5 Å². The molecule has 1 fully saturated rings. The second kappa shape index (κ2) is 10.1. The van der Waals surface area contributed by atoms with Crippen LogP contribution in [0.25, 0.3) is 0 Å². The van der Waals surface area contributed by atoms with Crippen LogP contribution in [0.15, 0.2) is 29.4 Å². The minimum Gasteiger partial charge on any atom is -0.378 e. The van der Waals surface area contributed by atoms with Gasteiger partial charge in [-0.1, -0.05) is 25.6 Å². The van der Waals surface area contributed by atoms with E-state index in [4.69, 9.17) is 4.74 Å². The number of thioether (sulfide) groups is 1. The second-order valence-corrected chi connectivity index (χ2v) is 8.23. The maximum Gasteiger partial charge on any atom is 0.237 e. The van der Waals surface area contributed by atoms with Gasteiger partial charge in [-0.3, -0.25) is 9.36 Å². The molecule has 0 bridgehead atoms. The van der Waals surface area contributed by atoms with Crippen molar-refractivity contribution in [2.24, 2.45) is 5.92 Å². The highest BCUT2D eigenvalue weighted by atomic mass is 32.2. The van der Waals surface area contributed by atoms with Crippen molar-refractivity contribution in [2.75, 3.05) is 48.4 Å². The van der Waals surface area contributed by atoms with E-state index in [1.807, 2.05) is 6.92 Å². The highest BCUT2D eigenvalue weighted by Crippen LogP contribution is 2.25. The zero-order valence-corrected chi connectivity index (χ0v) is 18.0. The van der Waals surface area contributed by atoms with Gasteiger partial charge in [-0.25, -0.2) is 4.39 Å². The van der Waals surface area contributed by atoms with Gasteiger partial charge in [-0.2, -0.15) is 0 Å². The lowest BCUT2D eigenvalue weighted by molar-refractivity contribution is -0.116. The van der Waals surface area contributed by atoms with E-state index < -0.39 is 0 Å². The molecule has 29 heavy (non-hydrogen) atoms. The molecule has 9 heteroatoms. The van der Waals surface area contributed by atoms with Crippen molar-refractivity contribution in [3.8, 4) is 0 Å². The monoisotopic (exact) mass is 421 g/mol. The fraction of sp³-hybridized carbons (Fsp3) is 0.550. The Kier molecular flexibility index (Phi) is 7.49.